The number of hydroxylamine groups is 2. The number of methoxy groups -OCH3 is 1. The number of para-hydroxylation sites is 1. The molecule has 2 N–H and O–H groups in total. The SMILES string of the molecule is COCCN1C[C@@H](NC(=O)Nc2c(C)c(-c3ccc(OCc4ccccc4)nc3)nn2-c2ccccc2)[C@H](c2ccc(F)c(F)c2)O1. The third kappa shape index (κ3) is 7.46. The topological polar surface area (TPSA) is 103 Å². The number of aromatic nitrogens is 3. The number of rotatable bonds is 11. The van der Waals surface area contributed by atoms with Crippen molar-refractivity contribution >= 4 is 11.8 Å². The Bertz CT molecular complexity index is 1800. The molecule has 242 valence electrons. The number of urea groups is 1. The Morgan fingerprint density at radius 3 is 2.47 bits per heavy atom. The van der Waals surface area contributed by atoms with Crippen LogP contribution < -0.4 is 15.4 Å². The van der Waals surface area contributed by atoms with Crippen molar-refractivity contribution in [3.8, 4) is 22.8 Å². The molecule has 1 aliphatic heterocycles. The fourth-order valence-corrected chi connectivity index (χ4v) is 5.36. The molecule has 0 radical (unpaired) electrons. The maximum Gasteiger partial charge on any atom is 0.320 e. The van der Waals surface area contributed by atoms with Gasteiger partial charge in [0.2, 0.25) is 5.88 Å². The van der Waals surface area contributed by atoms with E-state index in [1.165, 1.54) is 6.07 Å². The molecule has 12 heteroatoms. The quantitative estimate of drug-likeness (QED) is 0.177. The number of hydrogen-bond acceptors (Lipinski definition) is 7. The van der Waals surface area contributed by atoms with Gasteiger partial charge in [0.1, 0.15) is 18.5 Å². The van der Waals surface area contributed by atoms with E-state index in [1.807, 2.05) is 73.7 Å². The highest BCUT2D eigenvalue weighted by Gasteiger charge is 2.37. The van der Waals surface area contributed by atoms with Crippen LogP contribution in [0, 0.1) is 18.6 Å². The van der Waals surface area contributed by atoms with Crippen molar-refractivity contribution in [1.82, 2.24) is 25.1 Å². The van der Waals surface area contributed by atoms with Crippen molar-refractivity contribution in [1.29, 1.82) is 0 Å². The highest BCUT2D eigenvalue weighted by molar-refractivity contribution is 5.91. The first kappa shape index (κ1) is 31.8. The van der Waals surface area contributed by atoms with E-state index in [2.05, 4.69) is 15.6 Å². The van der Waals surface area contributed by atoms with Crippen LogP contribution in [-0.2, 0) is 16.2 Å². The summed E-state index contributed by atoms with van der Waals surface area (Å²) in [6.07, 6.45) is 0.934. The van der Waals surface area contributed by atoms with Gasteiger partial charge in [-0.2, -0.15) is 10.2 Å². The van der Waals surface area contributed by atoms with Crippen LogP contribution in [0.5, 0.6) is 5.88 Å². The second kappa shape index (κ2) is 14.5. The second-order valence-corrected chi connectivity index (χ2v) is 11.0. The Hall–Kier alpha value is -5.17. The summed E-state index contributed by atoms with van der Waals surface area (Å²) in [4.78, 5) is 24.1. The van der Waals surface area contributed by atoms with Crippen LogP contribution >= 0.6 is 0 Å². The molecule has 1 saturated heterocycles. The van der Waals surface area contributed by atoms with Gasteiger partial charge in [-0.25, -0.2) is 23.2 Å². The van der Waals surface area contributed by atoms with E-state index in [9.17, 15) is 13.6 Å². The first-order chi connectivity index (χ1) is 22.9. The number of pyridine rings is 1. The minimum atomic E-state index is -0.996. The van der Waals surface area contributed by atoms with Crippen LogP contribution in [0.3, 0.4) is 0 Å². The summed E-state index contributed by atoms with van der Waals surface area (Å²) in [6, 6.07) is 25.4. The molecule has 2 aromatic heterocycles. The van der Waals surface area contributed by atoms with Crippen LogP contribution in [0.25, 0.3) is 16.9 Å². The molecule has 3 heterocycles. The molecule has 47 heavy (non-hydrogen) atoms. The number of carbonyl (C=O) groups excluding carboxylic acids is 1. The van der Waals surface area contributed by atoms with Gasteiger partial charge in [0, 0.05) is 43.6 Å². The van der Waals surface area contributed by atoms with Gasteiger partial charge in [-0.3, -0.25) is 10.2 Å². The number of anilines is 1. The monoisotopic (exact) mass is 640 g/mol. The number of nitrogens with zero attached hydrogens (tertiary/aromatic N) is 4. The molecule has 1 aliphatic rings. The molecule has 0 spiro atoms. The Labute approximate surface area is 270 Å². The molecular formula is C35H34F2N6O4. The van der Waals surface area contributed by atoms with Gasteiger partial charge in [0.25, 0.3) is 0 Å². The predicted molar refractivity (Wildman–Crippen MR) is 172 cm³/mol. The van der Waals surface area contributed by atoms with Gasteiger partial charge in [-0.05, 0) is 48.4 Å². The lowest BCUT2D eigenvalue weighted by molar-refractivity contribution is -0.154. The number of hydrogen-bond donors (Lipinski definition) is 2. The average molecular weight is 641 g/mol. The fourth-order valence-electron chi connectivity index (χ4n) is 5.36. The van der Waals surface area contributed by atoms with E-state index in [-0.39, 0.29) is 0 Å². The molecule has 5 aromatic rings. The van der Waals surface area contributed by atoms with Gasteiger partial charge < -0.3 is 14.8 Å². The number of ether oxygens (including phenoxy) is 2. The third-order valence-electron chi connectivity index (χ3n) is 7.76. The molecular weight excluding hydrogens is 606 g/mol. The molecule has 0 aliphatic carbocycles. The van der Waals surface area contributed by atoms with E-state index in [0.717, 1.165) is 28.9 Å². The number of amides is 2. The van der Waals surface area contributed by atoms with Crippen molar-refractivity contribution in [2.24, 2.45) is 0 Å². The van der Waals surface area contributed by atoms with Crippen molar-refractivity contribution in [2.45, 2.75) is 25.7 Å². The van der Waals surface area contributed by atoms with Gasteiger partial charge in [0.15, 0.2) is 11.6 Å². The molecule has 1 fully saturated rings. The van der Waals surface area contributed by atoms with E-state index < -0.39 is 29.8 Å². The Balaban J connectivity index is 1.23. The Morgan fingerprint density at radius 1 is 1.00 bits per heavy atom. The van der Waals surface area contributed by atoms with Gasteiger partial charge in [0.05, 0.1) is 24.0 Å². The first-order valence-electron chi connectivity index (χ1n) is 15.1. The smallest absolute Gasteiger partial charge is 0.320 e. The largest absolute Gasteiger partial charge is 0.473 e. The first-order valence-corrected chi connectivity index (χ1v) is 15.1. The Morgan fingerprint density at radius 2 is 1.77 bits per heavy atom. The lowest BCUT2D eigenvalue weighted by Gasteiger charge is -2.20. The molecule has 0 bridgehead atoms. The van der Waals surface area contributed by atoms with Crippen molar-refractivity contribution < 1.29 is 27.9 Å². The Kier molecular flexibility index (Phi) is 9.81. The van der Waals surface area contributed by atoms with Crippen LogP contribution in [0.15, 0.2) is 97.2 Å². The van der Waals surface area contributed by atoms with Crippen molar-refractivity contribution in [3.05, 3.63) is 126 Å². The van der Waals surface area contributed by atoms with E-state index in [0.29, 0.717) is 54.8 Å². The third-order valence-corrected chi connectivity index (χ3v) is 7.76. The second-order valence-electron chi connectivity index (χ2n) is 11.0. The highest BCUT2D eigenvalue weighted by atomic mass is 19.2. The fraction of sp³-hybridized carbons (Fsp3) is 0.229. The number of benzene rings is 3. The van der Waals surface area contributed by atoms with Gasteiger partial charge >= 0.3 is 6.03 Å². The summed E-state index contributed by atoms with van der Waals surface area (Å²) in [5.74, 6) is -1.03. The molecule has 10 nitrogen and oxygen atoms in total. The predicted octanol–water partition coefficient (Wildman–Crippen LogP) is 6.22. The molecule has 0 unspecified atom stereocenters. The van der Waals surface area contributed by atoms with Gasteiger partial charge in [-0.15, -0.1) is 0 Å². The van der Waals surface area contributed by atoms with E-state index in [1.54, 1.807) is 29.1 Å². The molecule has 3 aromatic carbocycles. The minimum absolute atomic E-state index is 0.299. The van der Waals surface area contributed by atoms with Crippen LogP contribution in [0.2, 0.25) is 0 Å². The lowest BCUT2D eigenvalue weighted by Crippen LogP contribution is -2.42. The van der Waals surface area contributed by atoms with Crippen LogP contribution in [-0.4, -0.2) is 58.7 Å². The van der Waals surface area contributed by atoms with Gasteiger partial charge in [-0.1, -0.05) is 54.6 Å². The molecule has 2 amide bonds. The molecule has 0 saturated carbocycles. The maximum absolute atomic E-state index is 14.1. The lowest BCUT2D eigenvalue weighted by atomic mass is 10.0. The standard InChI is InChI=1S/C35H34F2N6O4/c1-23-32(26-14-16-31(38-20-26)46-22-24-9-5-3-6-10-24)41-43(27-11-7-4-8-12-27)34(23)40-35(44)39-30-21-42(17-18-45-2)47-33(30)25-13-15-28(36)29(37)19-25/h3-16,19-20,30,33H,17-18,21-22H2,1-2H3,(H2,39,40,44)/t30-,33+/m1/s1. The van der Waals surface area contributed by atoms with Crippen molar-refractivity contribution in [2.75, 3.05) is 32.1 Å². The summed E-state index contributed by atoms with van der Waals surface area (Å²) < 4.78 is 40.5. The number of halogens is 2. The summed E-state index contributed by atoms with van der Waals surface area (Å²) in [5, 5.41) is 12.4. The zero-order valence-electron chi connectivity index (χ0n) is 25.9. The summed E-state index contributed by atoms with van der Waals surface area (Å²) in [7, 11) is 1.57. The van der Waals surface area contributed by atoms with Crippen molar-refractivity contribution in [3.63, 3.8) is 0 Å². The normalized spacial score (nSPS) is 16.3. The van der Waals surface area contributed by atoms with Crippen LogP contribution in [0.4, 0.5) is 19.4 Å². The molecule has 6 rings (SSSR count). The zero-order valence-corrected chi connectivity index (χ0v) is 25.9. The summed E-state index contributed by atoms with van der Waals surface area (Å²) in [5.41, 5.74) is 4.25. The number of carbonyl (C=O) groups is 1. The average Bonchev–Trinajstić information content (AvgIpc) is 3.65. The maximum atomic E-state index is 14.1. The van der Waals surface area contributed by atoms with E-state index >= 15 is 0 Å². The number of nitrogens with one attached hydrogen (secondary N) is 2. The zero-order chi connectivity index (χ0) is 32.8. The highest BCUT2D eigenvalue weighted by Crippen LogP contribution is 2.33. The summed E-state index contributed by atoms with van der Waals surface area (Å²) in [6.45, 7) is 3.37. The van der Waals surface area contributed by atoms with Crippen LogP contribution in [0.1, 0.15) is 22.8 Å². The summed E-state index contributed by atoms with van der Waals surface area (Å²) >= 11 is 0. The minimum Gasteiger partial charge on any atom is -0.473 e. The van der Waals surface area contributed by atoms with E-state index in [4.69, 9.17) is 19.4 Å². The molecule has 2 atom stereocenters.